The van der Waals surface area contributed by atoms with Crippen LogP contribution in [0.3, 0.4) is 0 Å². The maximum atomic E-state index is 15.2. The van der Waals surface area contributed by atoms with E-state index in [4.69, 9.17) is 16.3 Å². The second kappa shape index (κ2) is 8.96. The molecule has 0 bridgehead atoms. The predicted molar refractivity (Wildman–Crippen MR) is 113 cm³/mol. The molecule has 1 fully saturated rings. The summed E-state index contributed by atoms with van der Waals surface area (Å²) in [5, 5.41) is 6.08. The maximum absolute atomic E-state index is 15.2. The molecule has 0 spiro atoms. The van der Waals surface area contributed by atoms with Gasteiger partial charge in [-0.05, 0) is 30.3 Å². The van der Waals surface area contributed by atoms with Gasteiger partial charge < -0.3 is 20.3 Å². The Balaban J connectivity index is 1.25. The van der Waals surface area contributed by atoms with E-state index < -0.39 is 17.3 Å². The molecule has 0 saturated carbocycles. The van der Waals surface area contributed by atoms with Crippen molar-refractivity contribution in [3.63, 3.8) is 0 Å². The molecule has 0 aliphatic carbocycles. The number of rotatable bonds is 5. The Morgan fingerprint density at radius 1 is 1.23 bits per heavy atom. The molecule has 1 amide bonds. The Morgan fingerprint density at radius 2 is 2.00 bits per heavy atom. The minimum Gasteiger partial charge on any atom is -0.482 e. The third kappa shape index (κ3) is 4.91. The number of hydrogen-bond donors (Lipinski definition) is 2. The first-order valence-electron chi connectivity index (χ1n) is 10.2. The van der Waals surface area contributed by atoms with Crippen molar-refractivity contribution in [2.24, 2.45) is 0 Å². The van der Waals surface area contributed by atoms with E-state index in [0.717, 1.165) is 6.07 Å². The third-order valence-corrected chi connectivity index (χ3v) is 5.99. The molecule has 2 aliphatic heterocycles. The van der Waals surface area contributed by atoms with Crippen LogP contribution in [0, 0.1) is 11.6 Å². The van der Waals surface area contributed by atoms with Crippen molar-refractivity contribution in [2.75, 3.05) is 38.0 Å². The molecule has 2 aromatic rings. The lowest BCUT2D eigenvalue weighted by atomic mass is 9.92. The molecule has 9 heteroatoms. The van der Waals surface area contributed by atoms with Crippen LogP contribution in [0.25, 0.3) is 0 Å². The minimum atomic E-state index is -1.46. The molecule has 2 aliphatic rings. The topological polar surface area (TPSA) is 53.6 Å². The summed E-state index contributed by atoms with van der Waals surface area (Å²) in [5.41, 5.74) is -0.564. The fourth-order valence-corrected chi connectivity index (χ4v) is 4.05. The summed E-state index contributed by atoms with van der Waals surface area (Å²) in [6.07, 6.45) is 0.0435. The average Bonchev–Trinajstić information content (AvgIpc) is 2.76. The Kier molecular flexibility index (Phi) is 6.29. The zero-order chi connectivity index (χ0) is 22.0. The van der Waals surface area contributed by atoms with Gasteiger partial charge in [0.1, 0.15) is 17.6 Å². The Bertz CT molecular complexity index is 967. The number of benzene rings is 2. The Hall–Kier alpha value is -2.45. The number of para-hydroxylation sites is 1. The molecule has 166 valence electrons. The van der Waals surface area contributed by atoms with Crippen LogP contribution in [-0.2, 0) is 0 Å². The van der Waals surface area contributed by atoms with Gasteiger partial charge in [-0.15, -0.1) is 0 Å². The molecule has 0 aromatic heterocycles. The molecule has 1 unspecified atom stereocenters. The van der Waals surface area contributed by atoms with Crippen molar-refractivity contribution >= 4 is 23.2 Å². The SMILES string of the molecule is O=C(c1ccc(F)c(Cl)c1)N1CCC(F)(CNCC2CNc3cccc(F)c3O2)CC1. The molecule has 2 heterocycles. The van der Waals surface area contributed by atoms with Crippen LogP contribution >= 0.6 is 11.6 Å². The number of amides is 1. The van der Waals surface area contributed by atoms with Gasteiger partial charge >= 0.3 is 0 Å². The third-order valence-electron chi connectivity index (χ3n) is 5.70. The van der Waals surface area contributed by atoms with Crippen molar-refractivity contribution < 1.29 is 22.7 Å². The van der Waals surface area contributed by atoms with Crippen molar-refractivity contribution in [1.82, 2.24) is 10.2 Å². The summed E-state index contributed by atoms with van der Waals surface area (Å²) >= 11 is 5.75. The number of piperidine rings is 1. The van der Waals surface area contributed by atoms with Crippen molar-refractivity contribution in [3.8, 4) is 5.75 Å². The number of ether oxygens (including phenoxy) is 1. The predicted octanol–water partition coefficient (Wildman–Crippen LogP) is 4.03. The molecule has 2 aromatic carbocycles. The second-order valence-corrected chi connectivity index (χ2v) is 8.35. The lowest BCUT2D eigenvalue weighted by molar-refractivity contribution is 0.0425. The molecule has 1 atom stereocenters. The fourth-order valence-electron chi connectivity index (χ4n) is 3.87. The highest BCUT2D eigenvalue weighted by Gasteiger charge is 2.36. The number of alkyl halides is 1. The summed E-state index contributed by atoms with van der Waals surface area (Å²) in [6, 6.07) is 8.50. The van der Waals surface area contributed by atoms with Crippen LogP contribution in [0.2, 0.25) is 5.02 Å². The number of likely N-dealkylation sites (tertiary alicyclic amines) is 1. The van der Waals surface area contributed by atoms with E-state index in [1.807, 2.05) is 0 Å². The number of hydrogen-bond acceptors (Lipinski definition) is 4. The number of halogens is 4. The highest BCUT2D eigenvalue weighted by Crippen LogP contribution is 2.32. The number of anilines is 1. The van der Waals surface area contributed by atoms with Gasteiger partial charge in [-0.1, -0.05) is 17.7 Å². The van der Waals surface area contributed by atoms with Crippen LogP contribution in [0.4, 0.5) is 18.9 Å². The van der Waals surface area contributed by atoms with E-state index >= 15 is 4.39 Å². The van der Waals surface area contributed by atoms with E-state index in [1.165, 1.54) is 18.2 Å². The van der Waals surface area contributed by atoms with Gasteiger partial charge in [0.2, 0.25) is 0 Å². The molecule has 1 saturated heterocycles. The highest BCUT2D eigenvalue weighted by atomic mass is 35.5. The first-order valence-corrected chi connectivity index (χ1v) is 10.6. The molecular weight excluding hydrogens is 431 g/mol. The lowest BCUT2D eigenvalue weighted by Crippen LogP contribution is -2.50. The second-order valence-electron chi connectivity index (χ2n) is 7.94. The molecule has 0 radical (unpaired) electrons. The lowest BCUT2D eigenvalue weighted by Gasteiger charge is -2.37. The van der Waals surface area contributed by atoms with Crippen LogP contribution in [0.5, 0.6) is 5.75 Å². The van der Waals surface area contributed by atoms with Gasteiger partial charge in [-0.2, -0.15) is 0 Å². The highest BCUT2D eigenvalue weighted by molar-refractivity contribution is 6.31. The molecule has 4 rings (SSSR count). The molecule has 31 heavy (non-hydrogen) atoms. The number of fused-ring (bicyclic) bond motifs is 1. The van der Waals surface area contributed by atoms with E-state index in [0.29, 0.717) is 18.8 Å². The number of carbonyl (C=O) groups is 1. The van der Waals surface area contributed by atoms with Crippen molar-refractivity contribution in [1.29, 1.82) is 0 Å². The fraction of sp³-hybridized carbons (Fsp3) is 0.409. The van der Waals surface area contributed by atoms with Crippen LogP contribution < -0.4 is 15.4 Å². The zero-order valence-corrected chi connectivity index (χ0v) is 17.5. The monoisotopic (exact) mass is 453 g/mol. The molecule has 5 nitrogen and oxygen atoms in total. The van der Waals surface area contributed by atoms with E-state index in [-0.39, 0.29) is 60.8 Å². The Morgan fingerprint density at radius 3 is 2.74 bits per heavy atom. The van der Waals surface area contributed by atoms with Crippen LogP contribution in [0.1, 0.15) is 23.2 Å². The van der Waals surface area contributed by atoms with Gasteiger partial charge in [-0.25, -0.2) is 13.2 Å². The number of nitrogens with one attached hydrogen (secondary N) is 2. The summed E-state index contributed by atoms with van der Waals surface area (Å²) in [5.74, 6) is -1.13. The average molecular weight is 454 g/mol. The minimum absolute atomic E-state index is 0.112. The normalized spacial score (nSPS) is 19.9. The van der Waals surface area contributed by atoms with Crippen LogP contribution in [-0.4, -0.2) is 55.3 Å². The first-order chi connectivity index (χ1) is 14.8. The summed E-state index contributed by atoms with van der Waals surface area (Å²) in [6.45, 7) is 1.48. The van der Waals surface area contributed by atoms with Crippen molar-refractivity contribution in [2.45, 2.75) is 24.6 Å². The standard InChI is InChI=1S/C22H23ClF3N3O2/c23-16-10-14(4-5-17(16)24)21(30)29-8-6-22(26,7-9-29)13-27-11-15-12-28-19-3-1-2-18(25)20(19)31-15/h1-5,10,15,27-28H,6-9,11-13H2. The maximum Gasteiger partial charge on any atom is 0.253 e. The van der Waals surface area contributed by atoms with Crippen LogP contribution in [0.15, 0.2) is 36.4 Å². The quantitative estimate of drug-likeness (QED) is 0.718. The summed E-state index contributed by atoms with van der Waals surface area (Å²) < 4.78 is 48.1. The van der Waals surface area contributed by atoms with E-state index in [2.05, 4.69) is 10.6 Å². The summed E-state index contributed by atoms with van der Waals surface area (Å²) in [4.78, 5) is 14.1. The smallest absolute Gasteiger partial charge is 0.253 e. The van der Waals surface area contributed by atoms with Gasteiger partial charge in [0, 0.05) is 44.6 Å². The largest absolute Gasteiger partial charge is 0.482 e. The van der Waals surface area contributed by atoms with Crippen molar-refractivity contribution in [3.05, 3.63) is 58.6 Å². The van der Waals surface area contributed by atoms with Gasteiger partial charge in [0.05, 0.1) is 17.3 Å². The van der Waals surface area contributed by atoms with Gasteiger partial charge in [0.15, 0.2) is 11.6 Å². The van der Waals surface area contributed by atoms with Gasteiger partial charge in [-0.3, -0.25) is 4.79 Å². The van der Waals surface area contributed by atoms with E-state index in [9.17, 15) is 13.6 Å². The molecular formula is C22H23ClF3N3O2. The van der Waals surface area contributed by atoms with E-state index in [1.54, 1.807) is 17.0 Å². The molecule has 2 N–H and O–H groups in total. The summed E-state index contributed by atoms with van der Waals surface area (Å²) in [7, 11) is 0. The zero-order valence-electron chi connectivity index (χ0n) is 16.8. The first kappa shape index (κ1) is 21.8. The number of nitrogens with zero attached hydrogens (tertiary/aromatic N) is 1. The number of carbonyl (C=O) groups excluding carboxylic acids is 1. The van der Waals surface area contributed by atoms with Gasteiger partial charge in [0.25, 0.3) is 5.91 Å². The Labute approximate surface area is 183 Å².